The molecule has 0 bridgehead atoms. The summed E-state index contributed by atoms with van der Waals surface area (Å²) in [5, 5.41) is 4.29. The van der Waals surface area contributed by atoms with Gasteiger partial charge in [0.05, 0.1) is 20.8 Å². The molecule has 118 valence electrons. The van der Waals surface area contributed by atoms with Crippen LogP contribution in [0.2, 0.25) is 0 Å². The molecule has 0 aliphatic heterocycles. The molecule has 0 spiro atoms. The lowest BCUT2D eigenvalue weighted by Crippen LogP contribution is -2.51. The number of carbonyl (C=O) groups is 1. The number of hydrogen-bond donors (Lipinski definition) is 2. The fourth-order valence-electron chi connectivity index (χ4n) is 3.22. The van der Waals surface area contributed by atoms with Crippen molar-refractivity contribution in [1.29, 1.82) is 0 Å². The number of aryl methyl sites for hydroxylation is 1. The molecular weight excluding hydrogens is 294 g/mol. The van der Waals surface area contributed by atoms with Crippen molar-refractivity contribution >= 4 is 27.5 Å². The summed E-state index contributed by atoms with van der Waals surface area (Å²) >= 11 is 1.72. The van der Waals surface area contributed by atoms with Crippen molar-refractivity contribution in [2.24, 2.45) is 5.73 Å². The van der Waals surface area contributed by atoms with Gasteiger partial charge in [-0.3, -0.25) is 4.79 Å². The molecule has 1 aliphatic carbocycles. The summed E-state index contributed by atoms with van der Waals surface area (Å²) in [6.45, 7) is 0.552. The van der Waals surface area contributed by atoms with Crippen LogP contribution in [0.15, 0.2) is 24.3 Å². The van der Waals surface area contributed by atoms with Gasteiger partial charge in [-0.15, -0.1) is 11.3 Å². The van der Waals surface area contributed by atoms with Crippen LogP contribution >= 0.6 is 11.3 Å². The molecule has 1 heterocycles. The highest BCUT2D eigenvalue weighted by Crippen LogP contribution is 2.29. The standard InChI is InChI=1S/C17H23N3OS/c18-12-17(10-3-4-11-17)20-15(21)8-5-9-16-19-13-6-1-2-7-14(13)22-16/h1-2,6-7H,3-5,8-12,18H2,(H,20,21). The molecule has 2 aromatic rings. The second-order valence-electron chi connectivity index (χ2n) is 6.17. The summed E-state index contributed by atoms with van der Waals surface area (Å²) in [7, 11) is 0. The Bertz CT molecular complexity index is 613. The lowest BCUT2D eigenvalue weighted by Gasteiger charge is -2.28. The molecule has 3 N–H and O–H groups in total. The lowest BCUT2D eigenvalue weighted by atomic mass is 9.97. The number of amides is 1. The minimum absolute atomic E-state index is 0.132. The summed E-state index contributed by atoms with van der Waals surface area (Å²) < 4.78 is 1.22. The minimum atomic E-state index is -0.132. The topological polar surface area (TPSA) is 68.0 Å². The van der Waals surface area contributed by atoms with Crippen LogP contribution in [0.5, 0.6) is 0 Å². The normalized spacial score (nSPS) is 17.0. The second-order valence-corrected chi connectivity index (χ2v) is 7.28. The number of nitrogens with one attached hydrogen (secondary N) is 1. The molecule has 1 saturated carbocycles. The number of aromatic nitrogens is 1. The van der Waals surface area contributed by atoms with Crippen LogP contribution < -0.4 is 11.1 Å². The van der Waals surface area contributed by atoms with E-state index in [9.17, 15) is 4.79 Å². The number of hydrogen-bond acceptors (Lipinski definition) is 4. The summed E-state index contributed by atoms with van der Waals surface area (Å²) in [6.07, 6.45) is 6.64. The summed E-state index contributed by atoms with van der Waals surface area (Å²) in [6, 6.07) is 8.17. The Balaban J connectivity index is 1.49. The smallest absolute Gasteiger partial charge is 0.220 e. The molecule has 4 nitrogen and oxygen atoms in total. The van der Waals surface area contributed by atoms with Crippen molar-refractivity contribution in [2.45, 2.75) is 50.5 Å². The Labute approximate surface area is 135 Å². The number of nitrogens with two attached hydrogens (primary N) is 1. The van der Waals surface area contributed by atoms with E-state index in [1.807, 2.05) is 18.2 Å². The van der Waals surface area contributed by atoms with E-state index in [2.05, 4.69) is 16.4 Å². The van der Waals surface area contributed by atoms with E-state index in [-0.39, 0.29) is 11.4 Å². The zero-order valence-electron chi connectivity index (χ0n) is 12.8. The summed E-state index contributed by atoms with van der Waals surface area (Å²) in [5.41, 5.74) is 6.78. The Kier molecular flexibility index (Phi) is 4.74. The summed E-state index contributed by atoms with van der Waals surface area (Å²) in [4.78, 5) is 16.8. The van der Waals surface area contributed by atoms with Crippen molar-refractivity contribution < 1.29 is 4.79 Å². The zero-order valence-corrected chi connectivity index (χ0v) is 13.6. The number of para-hydroxylation sites is 1. The highest BCUT2D eigenvalue weighted by atomic mass is 32.1. The first kappa shape index (κ1) is 15.4. The number of thiazole rings is 1. The third-order valence-corrected chi connectivity index (χ3v) is 5.58. The highest BCUT2D eigenvalue weighted by Gasteiger charge is 2.33. The van der Waals surface area contributed by atoms with Gasteiger partial charge in [-0.2, -0.15) is 0 Å². The van der Waals surface area contributed by atoms with Crippen LogP contribution in [-0.2, 0) is 11.2 Å². The van der Waals surface area contributed by atoms with Gasteiger partial charge in [-0.05, 0) is 37.8 Å². The molecule has 3 rings (SSSR count). The number of rotatable bonds is 6. The van der Waals surface area contributed by atoms with Crippen molar-refractivity contribution in [2.75, 3.05) is 6.54 Å². The maximum Gasteiger partial charge on any atom is 0.220 e. The van der Waals surface area contributed by atoms with Crippen molar-refractivity contribution in [3.05, 3.63) is 29.3 Å². The van der Waals surface area contributed by atoms with Gasteiger partial charge in [0.2, 0.25) is 5.91 Å². The maximum atomic E-state index is 12.1. The van der Waals surface area contributed by atoms with Gasteiger partial charge < -0.3 is 11.1 Å². The van der Waals surface area contributed by atoms with Gasteiger partial charge in [0, 0.05) is 13.0 Å². The molecule has 22 heavy (non-hydrogen) atoms. The third-order valence-electron chi connectivity index (χ3n) is 4.49. The van der Waals surface area contributed by atoms with Crippen LogP contribution in [0.1, 0.15) is 43.5 Å². The van der Waals surface area contributed by atoms with Gasteiger partial charge in [-0.25, -0.2) is 4.98 Å². The van der Waals surface area contributed by atoms with E-state index >= 15 is 0 Å². The van der Waals surface area contributed by atoms with E-state index in [0.29, 0.717) is 13.0 Å². The van der Waals surface area contributed by atoms with Gasteiger partial charge in [0.25, 0.3) is 0 Å². The van der Waals surface area contributed by atoms with Crippen LogP contribution in [-0.4, -0.2) is 23.0 Å². The number of carbonyl (C=O) groups excluding carboxylic acids is 1. The van der Waals surface area contributed by atoms with Crippen LogP contribution in [0, 0.1) is 0 Å². The molecule has 1 aliphatic rings. The van der Waals surface area contributed by atoms with Gasteiger partial charge in [0.15, 0.2) is 0 Å². The van der Waals surface area contributed by atoms with E-state index in [0.717, 1.165) is 36.2 Å². The van der Waals surface area contributed by atoms with E-state index in [1.165, 1.54) is 17.5 Å². The van der Waals surface area contributed by atoms with Gasteiger partial charge in [-0.1, -0.05) is 25.0 Å². The van der Waals surface area contributed by atoms with E-state index < -0.39 is 0 Å². The van der Waals surface area contributed by atoms with Crippen molar-refractivity contribution in [3.8, 4) is 0 Å². The first-order chi connectivity index (χ1) is 10.7. The quantitative estimate of drug-likeness (QED) is 0.860. The number of nitrogens with zero attached hydrogens (tertiary/aromatic N) is 1. The minimum Gasteiger partial charge on any atom is -0.349 e. The Morgan fingerprint density at radius 1 is 1.32 bits per heavy atom. The molecule has 1 fully saturated rings. The largest absolute Gasteiger partial charge is 0.349 e. The molecule has 0 unspecified atom stereocenters. The number of benzene rings is 1. The average Bonchev–Trinajstić information content (AvgIpc) is 3.14. The van der Waals surface area contributed by atoms with Crippen LogP contribution in [0.4, 0.5) is 0 Å². The second kappa shape index (κ2) is 6.75. The van der Waals surface area contributed by atoms with Crippen LogP contribution in [0.3, 0.4) is 0 Å². The molecular formula is C17H23N3OS. The SMILES string of the molecule is NCC1(NC(=O)CCCc2nc3ccccc3s2)CCCC1. The summed E-state index contributed by atoms with van der Waals surface area (Å²) in [5.74, 6) is 0.133. The zero-order chi connectivity index (χ0) is 15.4. The van der Waals surface area contributed by atoms with E-state index in [4.69, 9.17) is 5.73 Å². The molecule has 1 amide bonds. The molecule has 0 radical (unpaired) electrons. The molecule has 5 heteroatoms. The highest BCUT2D eigenvalue weighted by molar-refractivity contribution is 7.18. The molecule has 0 atom stereocenters. The van der Waals surface area contributed by atoms with Gasteiger partial charge >= 0.3 is 0 Å². The predicted molar refractivity (Wildman–Crippen MR) is 91.0 cm³/mol. The maximum absolute atomic E-state index is 12.1. The first-order valence-electron chi connectivity index (χ1n) is 8.06. The fourth-order valence-corrected chi connectivity index (χ4v) is 4.23. The Hall–Kier alpha value is -1.46. The van der Waals surface area contributed by atoms with Crippen molar-refractivity contribution in [3.63, 3.8) is 0 Å². The molecule has 0 saturated heterocycles. The van der Waals surface area contributed by atoms with E-state index in [1.54, 1.807) is 11.3 Å². The molecule has 1 aromatic heterocycles. The first-order valence-corrected chi connectivity index (χ1v) is 8.88. The number of fused-ring (bicyclic) bond motifs is 1. The fraction of sp³-hybridized carbons (Fsp3) is 0.529. The third kappa shape index (κ3) is 3.47. The Morgan fingerprint density at radius 2 is 2.09 bits per heavy atom. The van der Waals surface area contributed by atoms with Crippen molar-refractivity contribution in [1.82, 2.24) is 10.3 Å². The monoisotopic (exact) mass is 317 g/mol. The average molecular weight is 317 g/mol. The lowest BCUT2D eigenvalue weighted by molar-refractivity contribution is -0.123. The van der Waals surface area contributed by atoms with Gasteiger partial charge in [0.1, 0.15) is 0 Å². The Morgan fingerprint density at radius 3 is 2.82 bits per heavy atom. The predicted octanol–water partition coefficient (Wildman–Crippen LogP) is 3.01. The molecule has 1 aromatic carbocycles. The van der Waals surface area contributed by atoms with Crippen LogP contribution in [0.25, 0.3) is 10.2 Å².